The van der Waals surface area contributed by atoms with Gasteiger partial charge in [-0.1, -0.05) is 6.92 Å². The Morgan fingerprint density at radius 1 is 1.48 bits per heavy atom. The molecule has 6 heteroatoms. The summed E-state index contributed by atoms with van der Waals surface area (Å²) in [6.45, 7) is 8.42. The molecule has 0 aromatic carbocycles. The van der Waals surface area contributed by atoms with E-state index in [1.54, 1.807) is 12.3 Å². The van der Waals surface area contributed by atoms with Crippen molar-refractivity contribution >= 4 is 6.09 Å². The van der Waals surface area contributed by atoms with Crippen molar-refractivity contribution in [1.82, 2.24) is 9.88 Å². The van der Waals surface area contributed by atoms with Crippen LogP contribution in [0.15, 0.2) is 18.3 Å². The fourth-order valence-corrected chi connectivity index (χ4v) is 2.94. The van der Waals surface area contributed by atoms with Crippen LogP contribution in [0.2, 0.25) is 0 Å². The first kappa shape index (κ1) is 17.4. The molecular formula is C17H26N2O4. The average Bonchev–Trinajstić information content (AvgIpc) is 2.48. The third kappa shape index (κ3) is 4.50. The van der Waals surface area contributed by atoms with E-state index in [9.17, 15) is 9.90 Å². The summed E-state index contributed by atoms with van der Waals surface area (Å²) in [5.41, 5.74) is 0. The Morgan fingerprint density at radius 3 is 2.74 bits per heavy atom. The molecule has 0 radical (unpaired) electrons. The summed E-state index contributed by atoms with van der Waals surface area (Å²) in [6, 6.07) is 3.60. The number of amides is 1. The van der Waals surface area contributed by atoms with Crippen molar-refractivity contribution in [2.45, 2.75) is 58.8 Å². The van der Waals surface area contributed by atoms with E-state index in [0.717, 1.165) is 6.42 Å². The molecule has 1 fully saturated rings. The lowest BCUT2D eigenvalue weighted by molar-refractivity contribution is 0.0148. The fourth-order valence-electron chi connectivity index (χ4n) is 2.94. The maximum Gasteiger partial charge on any atom is 0.407 e. The van der Waals surface area contributed by atoms with Crippen LogP contribution in [0.25, 0.3) is 0 Å². The van der Waals surface area contributed by atoms with Gasteiger partial charge in [0.1, 0.15) is 11.9 Å². The molecule has 2 rings (SSSR count). The van der Waals surface area contributed by atoms with Crippen molar-refractivity contribution in [1.29, 1.82) is 0 Å². The van der Waals surface area contributed by atoms with E-state index in [1.165, 1.54) is 4.90 Å². The van der Waals surface area contributed by atoms with E-state index >= 15 is 0 Å². The van der Waals surface area contributed by atoms with Gasteiger partial charge >= 0.3 is 6.09 Å². The zero-order valence-corrected chi connectivity index (χ0v) is 14.2. The van der Waals surface area contributed by atoms with Crippen LogP contribution < -0.4 is 9.47 Å². The second-order valence-corrected chi connectivity index (χ2v) is 6.34. The van der Waals surface area contributed by atoms with Crippen LogP contribution >= 0.6 is 0 Å². The zero-order chi connectivity index (χ0) is 17.0. The molecule has 128 valence electrons. The number of piperidine rings is 1. The van der Waals surface area contributed by atoms with E-state index in [-0.39, 0.29) is 24.2 Å². The normalized spacial score (nSPS) is 24.6. The molecule has 0 aliphatic carbocycles. The molecule has 0 bridgehead atoms. The van der Waals surface area contributed by atoms with Crippen LogP contribution in [0.4, 0.5) is 4.79 Å². The number of carbonyl (C=O) groups is 1. The predicted octanol–water partition coefficient (Wildman–Crippen LogP) is 3.41. The van der Waals surface area contributed by atoms with Crippen LogP contribution in [0.1, 0.15) is 40.5 Å². The van der Waals surface area contributed by atoms with E-state index in [0.29, 0.717) is 24.6 Å². The van der Waals surface area contributed by atoms with Gasteiger partial charge in [-0.3, -0.25) is 0 Å². The summed E-state index contributed by atoms with van der Waals surface area (Å²) in [4.78, 5) is 17.1. The van der Waals surface area contributed by atoms with Gasteiger partial charge in [-0.2, -0.15) is 0 Å². The van der Waals surface area contributed by atoms with Gasteiger partial charge in [0.05, 0.1) is 12.3 Å². The molecule has 1 aromatic heterocycles. The smallest absolute Gasteiger partial charge is 0.407 e. The third-order valence-electron chi connectivity index (χ3n) is 4.19. The number of ether oxygens (including phenoxy) is 2. The Bertz CT molecular complexity index is 518. The summed E-state index contributed by atoms with van der Waals surface area (Å²) < 4.78 is 11.6. The van der Waals surface area contributed by atoms with Crippen molar-refractivity contribution in [3.8, 4) is 11.6 Å². The fraction of sp³-hybridized carbons (Fsp3) is 0.647. The second-order valence-electron chi connectivity index (χ2n) is 6.34. The first-order chi connectivity index (χ1) is 10.9. The molecule has 0 saturated carbocycles. The minimum Gasteiger partial charge on any atom is -0.489 e. The monoisotopic (exact) mass is 322 g/mol. The van der Waals surface area contributed by atoms with Crippen molar-refractivity contribution in [3.63, 3.8) is 0 Å². The van der Waals surface area contributed by atoms with E-state index in [1.807, 2.05) is 26.8 Å². The quantitative estimate of drug-likeness (QED) is 0.899. The van der Waals surface area contributed by atoms with Crippen molar-refractivity contribution in [2.75, 3.05) is 6.54 Å². The molecule has 2 heterocycles. The van der Waals surface area contributed by atoms with E-state index in [4.69, 9.17) is 9.47 Å². The SMILES string of the molecule is CC[C@H]1CN(C(=O)O)[C@@H](C)C[C@@H]1Oc1ccc(OC(C)C)cn1. The number of hydrogen-bond donors (Lipinski definition) is 1. The first-order valence-electron chi connectivity index (χ1n) is 8.19. The van der Waals surface area contributed by atoms with Gasteiger partial charge in [-0.15, -0.1) is 0 Å². The Balaban J connectivity index is 2.02. The van der Waals surface area contributed by atoms with E-state index < -0.39 is 6.09 Å². The van der Waals surface area contributed by atoms with Crippen LogP contribution in [0.5, 0.6) is 11.6 Å². The van der Waals surface area contributed by atoms with Gasteiger partial charge in [-0.05, 0) is 33.3 Å². The predicted molar refractivity (Wildman–Crippen MR) is 87.0 cm³/mol. The van der Waals surface area contributed by atoms with Crippen molar-refractivity contribution in [3.05, 3.63) is 18.3 Å². The lowest BCUT2D eigenvalue weighted by Crippen LogP contribution is -2.51. The highest BCUT2D eigenvalue weighted by Gasteiger charge is 2.36. The molecule has 23 heavy (non-hydrogen) atoms. The molecule has 3 atom stereocenters. The van der Waals surface area contributed by atoms with Gasteiger partial charge < -0.3 is 19.5 Å². The molecule has 1 aromatic rings. The van der Waals surface area contributed by atoms with Crippen LogP contribution in [-0.2, 0) is 0 Å². The summed E-state index contributed by atoms with van der Waals surface area (Å²) in [5.74, 6) is 1.45. The molecule has 6 nitrogen and oxygen atoms in total. The molecule has 1 saturated heterocycles. The Morgan fingerprint density at radius 2 is 2.22 bits per heavy atom. The Hall–Kier alpha value is -1.98. The molecular weight excluding hydrogens is 296 g/mol. The van der Waals surface area contributed by atoms with Crippen LogP contribution in [-0.4, -0.2) is 45.9 Å². The van der Waals surface area contributed by atoms with Gasteiger partial charge in [0.15, 0.2) is 0 Å². The van der Waals surface area contributed by atoms with Crippen LogP contribution in [0, 0.1) is 5.92 Å². The molecule has 1 N–H and O–H groups in total. The number of carboxylic acid groups (broad SMARTS) is 1. The minimum absolute atomic E-state index is 0.0185. The largest absolute Gasteiger partial charge is 0.489 e. The molecule has 1 amide bonds. The molecule has 1 aliphatic rings. The zero-order valence-electron chi connectivity index (χ0n) is 14.2. The summed E-state index contributed by atoms with van der Waals surface area (Å²) in [6.07, 6.45) is 2.44. The highest BCUT2D eigenvalue weighted by Crippen LogP contribution is 2.28. The molecule has 1 aliphatic heterocycles. The van der Waals surface area contributed by atoms with Crippen LogP contribution in [0.3, 0.4) is 0 Å². The number of rotatable bonds is 5. The van der Waals surface area contributed by atoms with Gasteiger partial charge in [-0.25, -0.2) is 9.78 Å². The first-order valence-corrected chi connectivity index (χ1v) is 8.19. The lowest BCUT2D eigenvalue weighted by Gasteiger charge is -2.40. The van der Waals surface area contributed by atoms with Gasteiger partial charge in [0, 0.05) is 31.0 Å². The number of likely N-dealkylation sites (tertiary alicyclic amines) is 1. The standard InChI is InChI=1S/C17H26N2O4/c1-5-13-10-19(17(20)21)12(4)8-15(13)23-16-7-6-14(9-18-16)22-11(2)3/h6-7,9,11-13,15H,5,8,10H2,1-4H3,(H,20,21)/t12-,13-,15-/m0/s1. The van der Waals surface area contributed by atoms with Gasteiger partial charge in [0.2, 0.25) is 5.88 Å². The Labute approximate surface area is 137 Å². The van der Waals surface area contributed by atoms with E-state index in [2.05, 4.69) is 11.9 Å². The molecule has 0 spiro atoms. The van der Waals surface area contributed by atoms with Crippen molar-refractivity contribution < 1.29 is 19.4 Å². The van der Waals surface area contributed by atoms with Gasteiger partial charge in [0.25, 0.3) is 0 Å². The maximum absolute atomic E-state index is 11.3. The maximum atomic E-state index is 11.3. The van der Waals surface area contributed by atoms with Crippen molar-refractivity contribution in [2.24, 2.45) is 5.92 Å². The number of aromatic nitrogens is 1. The summed E-state index contributed by atoms with van der Waals surface area (Å²) >= 11 is 0. The highest BCUT2D eigenvalue weighted by atomic mass is 16.5. The third-order valence-corrected chi connectivity index (χ3v) is 4.19. The second kappa shape index (κ2) is 7.53. The summed E-state index contributed by atoms with van der Waals surface area (Å²) in [5, 5.41) is 9.26. The lowest BCUT2D eigenvalue weighted by atomic mass is 9.88. The topological polar surface area (TPSA) is 71.9 Å². The Kier molecular flexibility index (Phi) is 5.69. The number of nitrogens with zero attached hydrogens (tertiary/aromatic N) is 2. The summed E-state index contributed by atoms with van der Waals surface area (Å²) in [7, 11) is 0. The molecule has 0 unspecified atom stereocenters. The number of hydrogen-bond acceptors (Lipinski definition) is 4. The number of pyridine rings is 1. The highest BCUT2D eigenvalue weighted by molar-refractivity contribution is 5.65. The average molecular weight is 322 g/mol. The minimum atomic E-state index is -0.859.